The minimum Gasteiger partial charge on any atom is -0.508 e. The largest absolute Gasteiger partial charge is 0.508 e. The van der Waals surface area contributed by atoms with E-state index in [4.69, 9.17) is 18.9 Å². The molecule has 0 atom stereocenters. The van der Waals surface area contributed by atoms with Crippen LogP contribution < -0.4 is 9.47 Å². The Morgan fingerprint density at radius 1 is 0.889 bits per heavy atom. The number of benzene rings is 2. The first-order chi connectivity index (χ1) is 17.3. The van der Waals surface area contributed by atoms with Gasteiger partial charge in [-0.15, -0.1) is 0 Å². The molecule has 3 N–H and O–H groups in total. The second kappa shape index (κ2) is 14.3. The molecule has 2 aromatic rings. The zero-order chi connectivity index (χ0) is 26.7. The molecule has 0 aliphatic carbocycles. The van der Waals surface area contributed by atoms with E-state index in [9.17, 15) is 24.9 Å². The van der Waals surface area contributed by atoms with Crippen molar-refractivity contribution < 1.29 is 43.9 Å². The molecular formula is C26H35NO9. The summed E-state index contributed by atoms with van der Waals surface area (Å²) in [4.78, 5) is 28.1. The van der Waals surface area contributed by atoms with Crippen LogP contribution in [-0.4, -0.2) is 92.8 Å². The normalized spacial score (nSPS) is 10.8. The van der Waals surface area contributed by atoms with E-state index in [1.807, 2.05) is 0 Å². The Hall–Kier alpha value is -3.34. The molecule has 0 saturated heterocycles. The highest BCUT2D eigenvalue weighted by Crippen LogP contribution is 2.36. The van der Waals surface area contributed by atoms with Gasteiger partial charge in [0.2, 0.25) is 5.91 Å². The lowest BCUT2D eigenvalue weighted by molar-refractivity contribution is -0.131. The van der Waals surface area contributed by atoms with Crippen molar-refractivity contribution in [2.24, 2.45) is 0 Å². The molecule has 0 radical (unpaired) electrons. The van der Waals surface area contributed by atoms with Crippen molar-refractivity contribution in [1.29, 1.82) is 0 Å². The number of methoxy groups -OCH3 is 3. The fraction of sp³-hybridized carbons (Fsp3) is 0.462. The van der Waals surface area contributed by atoms with Gasteiger partial charge in [-0.25, -0.2) is 0 Å². The van der Waals surface area contributed by atoms with E-state index in [1.165, 1.54) is 31.3 Å². The Morgan fingerprint density at radius 2 is 1.61 bits per heavy atom. The molecule has 0 bridgehead atoms. The smallest absolute Gasteiger partial charge is 0.227 e. The maximum atomic E-state index is 13.6. The van der Waals surface area contributed by atoms with Gasteiger partial charge in [0.1, 0.15) is 18.1 Å². The minimum atomic E-state index is -0.544. The monoisotopic (exact) mass is 505 g/mol. The number of aromatic hydroxyl groups is 2. The molecule has 0 aliphatic rings. The molecule has 2 aromatic carbocycles. The van der Waals surface area contributed by atoms with Gasteiger partial charge >= 0.3 is 0 Å². The predicted molar refractivity (Wildman–Crippen MR) is 132 cm³/mol. The van der Waals surface area contributed by atoms with Crippen LogP contribution in [0.4, 0.5) is 0 Å². The third-order valence-electron chi connectivity index (χ3n) is 5.67. The lowest BCUT2D eigenvalue weighted by atomic mass is 9.89. The summed E-state index contributed by atoms with van der Waals surface area (Å²) in [5.41, 5.74) is 0.731. The van der Waals surface area contributed by atoms with Crippen molar-refractivity contribution in [3.63, 3.8) is 0 Å². The summed E-state index contributed by atoms with van der Waals surface area (Å²) >= 11 is 0. The summed E-state index contributed by atoms with van der Waals surface area (Å²) in [6, 6.07) is 5.71. The number of carbonyl (C=O) groups excluding carboxylic acids is 2. The topological polar surface area (TPSA) is 135 Å². The van der Waals surface area contributed by atoms with Crippen LogP contribution in [0.3, 0.4) is 0 Å². The van der Waals surface area contributed by atoms with Crippen molar-refractivity contribution >= 4 is 11.7 Å². The molecule has 0 unspecified atom stereocenters. The van der Waals surface area contributed by atoms with E-state index < -0.39 is 11.5 Å². The van der Waals surface area contributed by atoms with Gasteiger partial charge in [-0.1, -0.05) is 6.92 Å². The second-order valence-corrected chi connectivity index (χ2v) is 7.91. The average Bonchev–Trinajstić information content (AvgIpc) is 2.86. The molecule has 10 nitrogen and oxygen atoms in total. The van der Waals surface area contributed by atoms with Crippen molar-refractivity contribution in [1.82, 2.24) is 4.90 Å². The first-order valence-electron chi connectivity index (χ1n) is 11.6. The average molecular weight is 506 g/mol. The molecule has 0 heterocycles. The summed E-state index contributed by atoms with van der Waals surface area (Å²) in [5.74, 6) is -0.839. The molecular weight excluding hydrogens is 470 g/mol. The van der Waals surface area contributed by atoms with Crippen molar-refractivity contribution in [3.8, 4) is 23.0 Å². The lowest BCUT2D eigenvalue weighted by Gasteiger charge is -2.23. The zero-order valence-corrected chi connectivity index (χ0v) is 21.2. The third kappa shape index (κ3) is 7.09. The van der Waals surface area contributed by atoms with Gasteiger partial charge in [-0.2, -0.15) is 0 Å². The number of phenolic OH excluding ortho intramolecular Hbond substituents is 2. The third-order valence-corrected chi connectivity index (χ3v) is 5.67. The highest BCUT2D eigenvalue weighted by atomic mass is 16.5. The lowest BCUT2D eigenvalue weighted by Crippen LogP contribution is -2.37. The summed E-state index contributed by atoms with van der Waals surface area (Å²) in [7, 11) is 4.50. The molecule has 198 valence electrons. The number of phenols is 2. The van der Waals surface area contributed by atoms with Crippen molar-refractivity contribution in [2.45, 2.75) is 19.8 Å². The van der Waals surface area contributed by atoms with E-state index in [0.29, 0.717) is 36.7 Å². The molecule has 0 fully saturated rings. The zero-order valence-electron chi connectivity index (χ0n) is 21.2. The van der Waals surface area contributed by atoms with Gasteiger partial charge in [0.15, 0.2) is 17.3 Å². The molecule has 1 amide bonds. The number of nitrogens with zero attached hydrogens (tertiary/aromatic N) is 1. The number of aliphatic hydroxyl groups is 1. The number of carbonyl (C=O) groups is 2. The van der Waals surface area contributed by atoms with E-state index in [1.54, 1.807) is 20.1 Å². The molecule has 0 spiro atoms. The summed E-state index contributed by atoms with van der Waals surface area (Å²) in [6.07, 6.45) is 0.0634. The van der Waals surface area contributed by atoms with Crippen LogP contribution in [0.1, 0.15) is 34.0 Å². The standard InChI is InChI=1S/C26H35NO9/c1-5-18-19(15-24(31)27(8-10-28)9-11-33-2)25(21(30)16-20(18)29)26(32)17-6-7-22(23(14-17)35-4)36-13-12-34-3/h6-7,14,16,28-30H,5,8-13,15H2,1-4H3. The Morgan fingerprint density at radius 3 is 2.22 bits per heavy atom. The number of ketones is 1. The first kappa shape index (κ1) is 28.9. The summed E-state index contributed by atoms with van der Waals surface area (Å²) < 4.78 is 21.0. The van der Waals surface area contributed by atoms with Gasteiger partial charge in [0.25, 0.3) is 0 Å². The van der Waals surface area contributed by atoms with Gasteiger partial charge in [0, 0.05) is 38.9 Å². The number of hydrogen-bond donors (Lipinski definition) is 3. The maximum Gasteiger partial charge on any atom is 0.227 e. The van der Waals surface area contributed by atoms with Gasteiger partial charge in [-0.3, -0.25) is 9.59 Å². The Bertz CT molecular complexity index is 1040. The maximum absolute atomic E-state index is 13.6. The number of amides is 1. The van der Waals surface area contributed by atoms with E-state index in [0.717, 1.165) is 6.07 Å². The summed E-state index contributed by atoms with van der Waals surface area (Å²) in [6.45, 7) is 2.79. The van der Waals surface area contributed by atoms with E-state index >= 15 is 0 Å². The Balaban J connectivity index is 2.51. The molecule has 10 heteroatoms. The minimum absolute atomic E-state index is 0.0798. The number of hydrogen-bond acceptors (Lipinski definition) is 9. The second-order valence-electron chi connectivity index (χ2n) is 7.91. The molecule has 36 heavy (non-hydrogen) atoms. The van der Waals surface area contributed by atoms with E-state index in [2.05, 4.69) is 0 Å². The van der Waals surface area contributed by atoms with Crippen molar-refractivity contribution in [3.05, 3.63) is 46.5 Å². The van der Waals surface area contributed by atoms with E-state index in [-0.39, 0.29) is 61.1 Å². The molecule has 0 aromatic heterocycles. The van der Waals surface area contributed by atoms with Crippen LogP contribution in [-0.2, 0) is 27.1 Å². The number of rotatable bonds is 15. The van der Waals surface area contributed by atoms with Crippen LogP contribution in [0.2, 0.25) is 0 Å². The fourth-order valence-electron chi connectivity index (χ4n) is 3.85. The molecule has 2 rings (SSSR count). The Kier molecular flexibility index (Phi) is 11.5. The number of aliphatic hydroxyl groups excluding tert-OH is 1. The van der Waals surface area contributed by atoms with Crippen LogP contribution >= 0.6 is 0 Å². The Labute approximate surface area is 211 Å². The van der Waals surface area contributed by atoms with Crippen LogP contribution in [0, 0.1) is 0 Å². The van der Waals surface area contributed by atoms with Crippen LogP contribution in [0.25, 0.3) is 0 Å². The fourth-order valence-corrected chi connectivity index (χ4v) is 3.85. The molecule has 0 saturated carbocycles. The highest BCUT2D eigenvalue weighted by Gasteiger charge is 2.27. The summed E-state index contributed by atoms with van der Waals surface area (Å²) in [5, 5.41) is 30.5. The SMILES string of the molecule is CCc1c(O)cc(O)c(C(=O)c2ccc(OCCOC)c(OC)c2)c1CC(=O)N(CCO)CCOC. The van der Waals surface area contributed by atoms with Crippen LogP contribution in [0.15, 0.2) is 24.3 Å². The number of ether oxygens (including phenoxy) is 4. The van der Waals surface area contributed by atoms with Gasteiger partial charge in [0.05, 0.1) is 38.9 Å². The van der Waals surface area contributed by atoms with Crippen LogP contribution in [0.5, 0.6) is 23.0 Å². The first-order valence-corrected chi connectivity index (χ1v) is 11.6. The highest BCUT2D eigenvalue weighted by molar-refractivity contribution is 6.12. The van der Waals surface area contributed by atoms with Crippen molar-refractivity contribution in [2.75, 3.05) is 60.8 Å². The van der Waals surface area contributed by atoms with Gasteiger partial charge in [-0.05, 0) is 35.7 Å². The quantitative estimate of drug-likeness (QED) is 0.245. The van der Waals surface area contributed by atoms with Gasteiger partial charge < -0.3 is 39.2 Å². The predicted octanol–water partition coefficient (Wildman–Crippen LogP) is 1.93. The molecule has 0 aliphatic heterocycles.